The highest BCUT2D eigenvalue weighted by Gasteiger charge is 2.21. The Morgan fingerprint density at radius 2 is 1.68 bits per heavy atom. The molecule has 4 nitrogen and oxygen atoms in total. The molecule has 1 amide bonds. The first-order chi connectivity index (χ1) is 12.1. The van der Waals surface area contributed by atoms with Crippen molar-refractivity contribution in [2.45, 2.75) is 45.3 Å². The van der Waals surface area contributed by atoms with Crippen LogP contribution in [-0.2, 0) is 11.2 Å². The summed E-state index contributed by atoms with van der Waals surface area (Å²) in [6.07, 6.45) is 1.89. The lowest BCUT2D eigenvalue weighted by Gasteiger charge is -2.21. The molecule has 0 aromatic heterocycles. The Morgan fingerprint density at radius 3 is 2.32 bits per heavy atom. The van der Waals surface area contributed by atoms with Crippen molar-refractivity contribution in [3.05, 3.63) is 60.2 Å². The molecule has 0 heterocycles. The smallest absolute Gasteiger partial charge is 0.261 e. The maximum absolute atomic E-state index is 12.5. The van der Waals surface area contributed by atoms with Gasteiger partial charge >= 0.3 is 0 Å². The molecule has 2 rings (SSSR count). The van der Waals surface area contributed by atoms with Crippen LogP contribution in [0.1, 0.15) is 32.3 Å². The predicted octanol–water partition coefficient (Wildman–Crippen LogP) is 3.99. The van der Waals surface area contributed by atoms with Crippen LogP contribution in [0.15, 0.2) is 54.6 Å². The van der Waals surface area contributed by atoms with Gasteiger partial charge in [0, 0.05) is 6.04 Å². The Bertz CT molecular complexity index is 657. The lowest BCUT2D eigenvalue weighted by Crippen LogP contribution is -2.42. The summed E-state index contributed by atoms with van der Waals surface area (Å²) in [5.41, 5.74) is 1.28. The first-order valence-electron chi connectivity index (χ1n) is 8.78. The van der Waals surface area contributed by atoms with Crippen molar-refractivity contribution >= 4 is 5.91 Å². The van der Waals surface area contributed by atoms with Crippen LogP contribution in [-0.4, -0.2) is 25.2 Å². The number of nitrogens with one attached hydrogen (secondary N) is 1. The Labute approximate surface area is 150 Å². The molecule has 0 saturated heterocycles. The second-order valence-electron chi connectivity index (χ2n) is 6.10. The number of carbonyl (C=O) groups excluding carboxylic acids is 1. The van der Waals surface area contributed by atoms with E-state index in [-0.39, 0.29) is 11.9 Å². The van der Waals surface area contributed by atoms with Gasteiger partial charge in [-0.05, 0) is 43.9 Å². The maximum Gasteiger partial charge on any atom is 0.261 e. The number of hydrogen-bond acceptors (Lipinski definition) is 3. The summed E-state index contributed by atoms with van der Waals surface area (Å²) in [4.78, 5) is 12.5. The molecule has 2 aromatic rings. The van der Waals surface area contributed by atoms with Gasteiger partial charge in [0.15, 0.2) is 17.6 Å². The normalized spacial score (nSPS) is 12.9. The lowest BCUT2D eigenvalue weighted by molar-refractivity contribution is -0.128. The SMILES string of the molecule is CC[C@@H](Oc1ccccc1OC)C(=O)N[C@H](C)CCc1ccccc1. The molecule has 0 fully saturated rings. The van der Waals surface area contributed by atoms with Crippen molar-refractivity contribution < 1.29 is 14.3 Å². The lowest BCUT2D eigenvalue weighted by atomic mass is 10.1. The molecule has 2 aromatic carbocycles. The summed E-state index contributed by atoms with van der Waals surface area (Å²) in [6, 6.07) is 17.7. The molecule has 0 unspecified atom stereocenters. The van der Waals surface area contributed by atoms with E-state index in [2.05, 4.69) is 17.4 Å². The second-order valence-corrected chi connectivity index (χ2v) is 6.10. The molecule has 0 aliphatic rings. The van der Waals surface area contributed by atoms with Crippen LogP contribution >= 0.6 is 0 Å². The zero-order chi connectivity index (χ0) is 18.1. The molecule has 1 N–H and O–H groups in total. The van der Waals surface area contributed by atoms with Gasteiger partial charge in [0.2, 0.25) is 0 Å². The van der Waals surface area contributed by atoms with Crippen molar-refractivity contribution in [1.82, 2.24) is 5.32 Å². The Balaban J connectivity index is 1.88. The minimum Gasteiger partial charge on any atom is -0.493 e. The molecule has 0 radical (unpaired) electrons. The van der Waals surface area contributed by atoms with Crippen molar-refractivity contribution in [3.63, 3.8) is 0 Å². The monoisotopic (exact) mass is 341 g/mol. The van der Waals surface area contributed by atoms with E-state index in [1.54, 1.807) is 7.11 Å². The van der Waals surface area contributed by atoms with Crippen LogP contribution in [0.2, 0.25) is 0 Å². The van der Waals surface area contributed by atoms with Crippen LogP contribution in [0.25, 0.3) is 0 Å². The number of hydrogen-bond donors (Lipinski definition) is 1. The topological polar surface area (TPSA) is 47.6 Å². The molecule has 134 valence electrons. The fourth-order valence-corrected chi connectivity index (χ4v) is 2.63. The number of carbonyl (C=O) groups is 1. The van der Waals surface area contributed by atoms with E-state index < -0.39 is 6.10 Å². The predicted molar refractivity (Wildman–Crippen MR) is 100 cm³/mol. The molecular weight excluding hydrogens is 314 g/mol. The van der Waals surface area contributed by atoms with Gasteiger partial charge < -0.3 is 14.8 Å². The summed E-state index contributed by atoms with van der Waals surface area (Å²) < 4.78 is 11.2. The number of ether oxygens (including phenoxy) is 2. The van der Waals surface area contributed by atoms with E-state index >= 15 is 0 Å². The molecule has 0 saturated carbocycles. The summed E-state index contributed by atoms with van der Waals surface area (Å²) in [5, 5.41) is 3.05. The van der Waals surface area contributed by atoms with Crippen molar-refractivity contribution in [2.75, 3.05) is 7.11 Å². The quantitative estimate of drug-likeness (QED) is 0.750. The highest BCUT2D eigenvalue weighted by molar-refractivity contribution is 5.81. The Kier molecular flexibility index (Phi) is 7.33. The molecule has 0 aliphatic heterocycles. The minimum atomic E-state index is -0.532. The molecule has 0 aliphatic carbocycles. The average Bonchev–Trinajstić information content (AvgIpc) is 2.65. The van der Waals surface area contributed by atoms with E-state index in [9.17, 15) is 4.79 Å². The van der Waals surface area contributed by atoms with Crippen molar-refractivity contribution in [3.8, 4) is 11.5 Å². The Hall–Kier alpha value is -2.49. The summed E-state index contributed by atoms with van der Waals surface area (Å²) in [6.45, 7) is 3.96. The van der Waals surface area contributed by atoms with E-state index in [1.165, 1.54) is 5.56 Å². The third-order valence-electron chi connectivity index (χ3n) is 4.10. The van der Waals surface area contributed by atoms with E-state index in [4.69, 9.17) is 9.47 Å². The van der Waals surface area contributed by atoms with Crippen molar-refractivity contribution in [2.24, 2.45) is 0 Å². The molecule has 2 atom stereocenters. The highest BCUT2D eigenvalue weighted by Crippen LogP contribution is 2.27. The van der Waals surface area contributed by atoms with Crippen LogP contribution < -0.4 is 14.8 Å². The van der Waals surface area contributed by atoms with E-state index in [0.29, 0.717) is 17.9 Å². The third-order valence-corrected chi connectivity index (χ3v) is 4.10. The van der Waals surface area contributed by atoms with Gasteiger partial charge in [-0.15, -0.1) is 0 Å². The number of aryl methyl sites for hydroxylation is 1. The van der Waals surface area contributed by atoms with Gasteiger partial charge in [0.1, 0.15) is 0 Å². The van der Waals surface area contributed by atoms with Gasteiger partial charge in [0.05, 0.1) is 7.11 Å². The number of amides is 1. The fraction of sp³-hybridized carbons (Fsp3) is 0.381. The highest BCUT2D eigenvalue weighted by atomic mass is 16.5. The summed E-state index contributed by atoms with van der Waals surface area (Å²) in [5.74, 6) is 1.13. The van der Waals surface area contributed by atoms with Crippen molar-refractivity contribution in [1.29, 1.82) is 0 Å². The van der Waals surface area contributed by atoms with Gasteiger partial charge in [-0.3, -0.25) is 4.79 Å². The van der Waals surface area contributed by atoms with Crippen LogP contribution in [0.3, 0.4) is 0 Å². The molecule has 0 spiro atoms. The first kappa shape index (κ1) is 18.8. The third kappa shape index (κ3) is 5.82. The molecular formula is C21H27NO3. The summed E-state index contributed by atoms with van der Waals surface area (Å²) in [7, 11) is 1.59. The van der Waals surface area contributed by atoms with Crippen LogP contribution in [0.4, 0.5) is 0 Å². The van der Waals surface area contributed by atoms with Crippen LogP contribution in [0, 0.1) is 0 Å². The number of methoxy groups -OCH3 is 1. The van der Waals surface area contributed by atoms with Gasteiger partial charge in [-0.2, -0.15) is 0 Å². The van der Waals surface area contributed by atoms with E-state index in [1.807, 2.05) is 56.3 Å². The zero-order valence-electron chi connectivity index (χ0n) is 15.2. The van der Waals surface area contributed by atoms with E-state index in [0.717, 1.165) is 12.8 Å². The fourth-order valence-electron chi connectivity index (χ4n) is 2.63. The number of para-hydroxylation sites is 2. The maximum atomic E-state index is 12.5. The largest absolute Gasteiger partial charge is 0.493 e. The molecule has 25 heavy (non-hydrogen) atoms. The zero-order valence-corrected chi connectivity index (χ0v) is 15.2. The standard InChI is InChI=1S/C21H27NO3/c1-4-18(25-20-13-9-8-12-19(20)24-3)21(23)22-16(2)14-15-17-10-6-5-7-11-17/h5-13,16,18H,4,14-15H2,1-3H3,(H,22,23)/t16-,18-/m1/s1. The first-order valence-corrected chi connectivity index (χ1v) is 8.78. The summed E-state index contributed by atoms with van der Waals surface area (Å²) >= 11 is 0. The average molecular weight is 341 g/mol. The molecule has 4 heteroatoms. The molecule has 0 bridgehead atoms. The Morgan fingerprint density at radius 1 is 1.04 bits per heavy atom. The van der Waals surface area contributed by atoms with Gasteiger partial charge in [0.25, 0.3) is 5.91 Å². The minimum absolute atomic E-state index is 0.0861. The van der Waals surface area contributed by atoms with Crippen LogP contribution in [0.5, 0.6) is 11.5 Å². The van der Waals surface area contributed by atoms with Gasteiger partial charge in [-0.25, -0.2) is 0 Å². The van der Waals surface area contributed by atoms with Gasteiger partial charge in [-0.1, -0.05) is 49.4 Å². The number of rotatable bonds is 9. The number of benzene rings is 2. The second kappa shape index (κ2) is 9.72.